The van der Waals surface area contributed by atoms with E-state index in [9.17, 15) is 0 Å². The quantitative estimate of drug-likeness (QED) is 0.917. The molecule has 1 N–H and O–H groups in total. The number of fused-ring (bicyclic) bond motifs is 1. The highest BCUT2D eigenvalue weighted by Crippen LogP contribution is 2.22. The molecule has 2 fully saturated rings. The lowest BCUT2D eigenvalue weighted by molar-refractivity contribution is 0.217. The largest absolute Gasteiger partial charge is 0.369 e. The van der Waals surface area contributed by atoms with Crippen LogP contribution < -0.4 is 10.2 Å². The Morgan fingerprint density at radius 1 is 1.13 bits per heavy atom. The number of piperidine rings is 1. The lowest BCUT2D eigenvalue weighted by Gasteiger charge is -2.29. The van der Waals surface area contributed by atoms with Gasteiger partial charge in [0.25, 0.3) is 0 Å². The topological polar surface area (TPSA) is 48.7 Å². The number of rotatable bonds is 3. The average Bonchev–Trinajstić information content (AvgIpc) is 3.00. The molecule has 2 saturated heterocycles. The van der Waals surface area contributed by atoms with E-state index in [1.54, 1.807) is 0 Å². The average molecular weight is 314 g/mol. The van der Waals surface area contributed by atoms with Crippen molar-refractivity contribution in [3.8, 4) is 0 Å². The van der Waals surface area contributed by atoms with Crippen molar-refractivity contribution in [1.29, 1.82) is 0 Å². The van der Waals surface area contributed by atoms with Gasteiger partial charge in [-0.3, -0.25) is 4.40 Å². The van der Waals surface area contributed by atoms with Crippen LogP contribution in [0.4, 0.5) is 5.69 Å². The third-order valence-electron chi connectivity index (χ3n) is 5.26. The number of nitrogens with one attached hydrogen (secondary N) is 1. The molecule has 124 valence electrons. The van der Waals surface area contributed by atoms with Crippen LogP contribution in [0, 0.1) is 5.92 Å². The van der Waals surface area contributed by atoms with Crippen LogP contribution in [0.1, 0.15) is 18.7 Å². The molecule has 4 heterocycles. The Bertz CT molecular complexity index is 652. The van der Waals surface area contributed by atoms with E-state index < -0.39 is 0 Å². The van der Waals surface area contributed by atoms with Crippen molar-refractivity contribution in [3.63, 3.8) is 0 Å². The molecule has 0 bridgehead atoms. The monoisotopic (exact) mass is 314 g/mol. The first-order valence-electron chi connectivity index (χ1n) is 8.77. The van der Waals surface area contributed by atoms with Crippen molar-refractivity contribution < 1.29 is 0 Å². The van der Waals surface area contributed by atoms with Gasteiger partial charge in [-0.15, -0.1) is 10.2 Å². The smallest absolute Gasteiger partial charge is 0.162 e. The summed E-state index contributed by atoms with van der Waals surface area (Å²) in [5.74, 6) is 1.85. The highest BCUT2D eigenvalue weighted by Gasteiger charge is 2.20. The SMILES string of the molecule is CN1CCC(Cc2nnc3cc(N4CCNCC4)ccn23)CC1. The predicted octanol–water partition coefficient (Wildman–Crippen LogP) is 1.02. The fourth-order valence-electron chi connectivity index (χ4n) is 3.71. The van der Waals surface area contributed by atoms with Gasteiger partial charge >= 0.3 is 0 Å². The fraction of sp³-hybridized carbons (Fsp3) is 0.647. The summed E-state index contributed by atoms with van der Waals surface area (Å²) in [4.78, 5) is 4.83. The van der Waals surface area contributed by atoms with E-state index in [-0.39, 0.29) is 0 Å². The Kier molecular flexibility index (Phi) is 4.18. The number of nitrogens with zero attached hydrogens (tertiary/aromatic N) is 5. The number of likely N-dealkylation sites (tertiary alicyclic amines) is 1. The van der Waals surface area contributed by atoms with Crippen LogP contribution >= 0.6 is 0 Å². The van der Waals surface area contributed by atoms with Crippen LogP contribution in [-0.2, 0) is 6.42 Å². The van der Waals surface area contributed by atoms with Gasteiger partial charge in [-0.25, -0.2) is 0 Å². The molecule has 4 rings (SSSR count). The molecule has 0 aliphatic carbocycles. The second-order valence-corrected chi connectivity index (χ2v) is 6.92. The maximum atomic E-state index is 4.46. The summed E-state index contributed by atoms with van der Waals surface area (Å²) in [6.45, 7) is 6.64. The number of hydrogen-bond acceptors (Lipinski definition) is 5. The molecule has 2 aromatic rings. The molecule has 0 unspecified atom stereocenters. The summed E-state index contributed by atoms with van der Waals surface area (Å²) in [7, 11) is 2.21. The van der Waals surface area contributed by atoms with Crippen LogP contribution in [0.3, 0.4) is 0 Å². The molecule has 6 nitrogen and oxygen atoms in total. The van der Waals surface area contributed by atoms with Gasteiger partial charge in [-0.05, 0) is 45.0 Å². The van der Waals surface area contributed by atoms with Crippen LogP contribution in [-0.4, -0.2) is 65.8 Å². The standard InChI is InChI=1S/C17H26N6/c1-21-7-2-14(3-8-21)12-16-19-20-17-13-15(4-9-23(16)17)22-10-5-18-6-11-22/h4,9,13-14,18H,2-3,5-8,10-12H2,1H3. The Morgan fingerprint density at radius 2 is 1.91 bits per heavy atom. The summed E-state index contributed by atoms with van der Waals surface area (Å²) >= 11 is 0. The first-order valence-corrected chi connectivity index (χ1v) is 8.77. The van der Waals surface area contributed by atoms with Crippen LogP contribution in [0.5, 0.6) is 0 Å². The van der Waals surface area contributed by atoms with Crippen molar-refractivity contribution in [2.45, 2.75) is 19.3 Å². The zero-order valence-corrected chi connectivity index (χ0v) is 13.9. The Balaban J connectivity index is 1.50. The number of aromatic nitrogens is 3. The molecule has 2 aliphatic heterocycles. The fourth-order valence-corrected chi connectivity index (χ4v) is 3.71. The molecular formula is C17H26N6. The third-order valence-corrected chi connectivity index (χ3v) is 5.26. The number of hydrogen-bond donors (Lipinski definition) is 1. The number of anilines is 1. The van der Waals surface area contributed by atoms with Crippen LogP contribution in [0.25, 0.3) is 5.65 Å². The molecule has 0 atom stereocenters. The van der Waals surface area contributed by atoms with Gasteiger partial charge in [0.1, 0.15) is 5.82 Å². The molecular weight excluding hydrogens is 288 g/mol. The Labute approximate surface area is 137 Å². The minimum absolute atomic E-state index is 0.742. The van der Waals surface area contributed by atoms with Crippen molar-refractivity contribution in [1.82, 2.24) is 24.8 Å². The summed E-state index contributed by atoms with van der Waals surface area (Å²) in [6, 6.07) is 4.39. The molecule has 2 aliphatic rings. The highest BCUT2D eigenvalue weighted by molar-refractivity contribution is 5.56. The maximum absolute atomic E-state index is 4.46. The molecule has 23 heavy (non-hydrogen) atoms. The van der Waals surface area contributed by atoms with E-state index in [0.717, 1.165) is 50.0 Å². The maximum Gasteiger partial charge on any atom is 0.162 e. The summed E-state index contributed by atoms with van der Waals surface area (Å²) in [5, 5.41) is 12.3. The zero-order valence-electron chi connectivity index (χ0n) is 13.9. The molecule has 6 heteroatoms. The molecule has 0 radical (unpaired) electrons. The first kappa shape index (κ1) is 14.9. The van der Waals surface area contributed by atoms with Crippen molar-refractivity contribution in [3.05, 3.63) is 24.2 Å². The van der Waals surface area contributed by atoms with E-state index >= 15 is 0 Å². The highest BCUT2D eigenvalue weighted by atomic mass is 15.3. The predicted molar refractivity (Wildman–Crippen MR) is 92.0 cm³/mol. The number of pyridine rings is 1. The van der Waals surface area contributed by atoms with E-state index in [1.807, 2.05) is 0 Å². The van der Waals surface area contributed by atoms with E-state index in [0.29, 0.717) is 0 Å². The van der Waals surface area contributed by atoms with Gasteiger partial charge in [-0.1, -0.05) is 0 Å². The summed E-state index contributed by atoms with van der Waals surface area (Å²) in [6.07, 6.45) is 5.73. The lowest BCUT2D eigenvalue weighted by atomic mass is 9.93. The van der Waals surface area contributed by atoms with Gasteiger partial charge in [0, 0.05) is 50.6 Å². The third kappa shape index (κ3) is 3.19. The van der Waals surface area contributed by atoms with Crippen molar-refractivity contribution in [2.24, 2.45) is 5.92 Å². The van der Waals surface area contributed by atoms with Gasteiger partial charge in [-0.2, -0.15) is 0 Å². The first-order chi connectivity index (χ1) is 11.3. The molecule has 0 spiro atoms. The molecule has 0 amide bonds. The summed E-state index contributed by atoms with van der Waals surface area (Å²) in [5.41, 5.74) is 2.24. The summed E-state index contributed by atoms with van der Waals surface area (Å²) < 4.78 is 2.17. The van der Waals surface area contributed by atoms with Gasteiger partial charge in [0.2, 0.25) is 0 Å². The molecule has 0 saturated carbocycles. The molecule has 2 aromatic heterocycles. The van der Waals surface area contributed by atoms with Gasteiger partial charge in [0.05, 0.1) is 0 Å². The van der Waals surface area contributed by atoms with E-state index in [2.05, 4.69) is 55.1 Å². The lowest BCUT2D eigenvalue weighted by Crippen LogP contribution is -2.43. The van der Waals surface area contributed by atoms with E-state index in [1.165, 1.54) is 31.6 Å². The second-order valence-electron chi connectivity index (χ2n) is 6.92. The Morgan fingerprint density at radius 3 is 2.70 bits per heavy atom. The zero-order chi connectivity index (χ0) is 15.6. The van der Waals surface area contributed by atoms with Gasteiger partial charge in [0.15, 0.2) is 5.65 Å². The molecule has 0 aromatic carbocycles. The van der Waals surface area contributed by atoms with E-state index in [4.69, 9.17) is 0 Å². The van der Waals surface area contributed by atoms with Gasteiger partial charge < -0.3 is 15.1 Å². The minimum Gasteiger partial charge on any atom is -0.369 e. The Hall–Kier alpha value is -1.66. The second kappa shape index (κ2) is 6.45. The number of piperazine rings is 1. The van der Waals surface area contributed by atoms with Crippen LogP contribution in [0.15, 0.2) is 18.3 Å². The minimum atomic E-state index is 0.742. The normalized spacial score (nSPS) is 21.2. The van der Waals surface area contributed by atoms with Crippen molar-refractivity contribution >= 4 is 11.3 Å². The van der Waals surface area contributed by atoms with Crippen LogP contribution in [0.2, 0.25) is 0 Å². The van der Waals surface area contributed by atoms with Crippen molar-refractivity contribution in [2.75, 3.05) is 51.2 Å².